The molecule has 1 amide bonds. The molecule has 0 bridgehead atoms. The monoisotopic (exact) mass is 289 g/mol. The van der Waals surface area contributed by atoms with Crippen molar-refractivity contribution in [1.82, 2.24) is 0 Å². The molecule has 1 aliphatic rings. The molecule has 0 atom stereocenters. The highest BCUT2D eigenvalue weighted by atomic mass is 127. The Labute approximate surface area is 89.8 Å². The molecule has 2 rings (SSSR count). The van der Waals surface area contributed by atoms with E-state index in [4.69, 9.17) is 4.84 Å². The summed E-state index contributed by atoms with van der Waals surface area (Å²) in [6.45, 7) is 0. The molecular formula is C9H8INO2. The summed E-state index contributed by atoms with van der Waals surface area (Å²) in [6.07, 6.45) is 0.447. The van der Waals surface area contributed by atoms with Crippen LogP contribution in [0.4, 0.5) is 5.69 Å². The van der Waals surface area contributed by atoms with E-state index >= 15 is 0 Å². The summed E-state index contributed by atoms with van der Waals surface area (Å²) in [5.41, 5.74) is 1.94. The molecule has 0 unspecified atom stereocenters. The lowest BCUT2D eigenvalue weighted by atomic mass is 10.2. The van der Waals surface area contributed by atoms with E-state index in [0.29, 0.717) is 6.42 Å². The van der Waals surface area contributed by atoms with Gasteiger partial charge in [0.05, 0.1) is 19.2 Å². The van der Waals surface area contributed by atoms with E-state index in [1.54, 1.807) is 0 Å². The average Bonchev–Trinajstić information content (AvgIpc) is 2.43. The summed E-state index contributed by atoms with van der Waals surface area (Å²) < 4.78 is 1.11. The number of carbonyl (C=O) groups excluding carboxylic acids is 1. The first-order chi connectivity index (χ1) is 6.24. The summed E-state index contributed by atoms with van der Waals surface area (Å²) >= 11 is 2.23. The van der Waals surface area contributed by atoms with E-state index in [1.165, 1.54) is 12.2 Å². The molecule has 0 saturated carbocycles. The lowest BCUT2D eigenvalue weighted by molar-refractivity contribution is -0.123. The van der Waals surface area contributed by atoms with Gasteiger partial charge in [0.2, 0.25) is 0 Å². The van der Waals surface area contributed by atoms with Crippen LogP contribution in [-0.4, -0.2) is 13.0 Å². The van der Waals surface area contributed by atoms with Crippen molar-refractivity contribution < 1.29 is 9.63 Å². The van der Waals surface area contributed by atoms with E-state index in [1.807, 2.05) is 18.2 Å². The van der Waals surface area contributed by atoms with Gasteiger partial charge < -0.3 is 0 Å². The van der Waals surface area contributed by atoms with Gasteiger partial charge >= 0.3 is 0 Å². The van der Waals surface area contributed by atoms with Crippen molar-refractivity contribution >= 4 is 34.2 Å². The minimum atomic E-state index is 0.00150. The molecule has 13 heavy (non-hydrogen) atoms. The maximum Gasteiger partial charge on any atom is 0.255 e. The molecule has 0 radical (unpaired) electrons. The molecule has 1 heterocycles. The summed E-state index contributed by atoms with van der Waals surface area (Å²) in [5, 5.41) is 1.34. The topological polar surface area (TPSA) is 29.5 Å². The highest BCUT2D eigenvalue weighted by Crippen LogP contribution is 2.31. The highest BCUT2D eigenvalue weighted by Gasteiger charge is 2.28. The normalized spacial score (nSPS) is 14.9. The van der Waals surface area contributed by atoms with Crippen LogP contribution in [0, 0.1) is 3.57 Å². The van der Waals surface area contributed by atoms with Crippen LogP contribution in [0.25, 0.3) is 0 Å². The maximum atomic E-state index is 11.4. The smallest absolute Gasteiger partial charge is 0.255 e. The van der Waals surface area contributed by atoms with Gasteiger partial charge in [0, 0.05) is 9.13 Å². The number of fused-ring (bicyclic) bond motifs is 1. The van der Waals surface area contributed by atoms with Crippen LogP contribution in [-0.2, 0) is 16.1 Å². The number of halogens is 1. The van der Waals surface area contributed by atoms with E-state index in [2.05, 4.69) is 22.6 Å². The molecule has 1 aromatic rings. The SMILES string of the molecule is CON1C(=O)Cc2c(I)cccc21. The largest absolute Gasteiger partial charge is 0.272 e. The Morgan fingerprint density at radius 1 is 1.54 bits per heavy atom. The zero-order chi connectivity index (χ0) is 9.42. The van der Waals surface area contributed by atoms with E-state index in [-0.39, 0.29) is 5.91 Å². The standard InChI is InChI=1S/C9H8INO2/c1-13-11-8-4-2-3-7(10)6(8)5-9(11)12/h2-4H,5H2,1H3. The minimum absolute atomic E-state index is 0.00150. The molecule has 4 heteroatoms. The van der Waals surface area contributed by atoms with Gasteiger partial charge in [-0.1, -0.05) is 6.07 Å². The Hall–Kier alpha value is -0.620. The Morgan fingerprint density at radius 2 is 2.31 bits per heavy atom. The van der Waals surface area contributed by atoms with Gasteiger partial charge in [-0.05, 0) is 34.7 Å². The third-order valence-corrected chi connectivity index (χ3v) is 3.06. The molecule has 0 aliphatic carbocycles. The predicted molar refractivity (Wildman–Crippen MR) is 57.4 cm³/mol. The maximum absolute atomic E-state index is 11.4. The first-order valence-electron chi connectivity index (χ1n) is 3.88. The predicted octanol–water partition coefficient (Wildman–Crippen LogP) is 1.74. The van der Waals surface area contributed by atoms with Crippen molar-refractivity contribution in [2.75, 3.05) is 12.2 Å². The zero-order valence-corrected chi connectivity index (χ0v) is 9.24. The van der Waals surface area contributed by atoms with Crippen LogP contribution < -0.4 is 5.06 Å². The summed E-state index contributed by atoms with van der Waals surface area (Å²) in [5.74, 6) is 0.00150. The molecular weight excluding hydrogens is 281 g/mol. The number of hydroxylamine groups is 1. The molecule has 0 N–H and O–H groups in total. The summed E-state index contributed by atoms with van der Waals surface area (Å²) in [6, 6.07) is 5.81. The van der Waals surface area contributed by atoms with Crippen molar-refractivity contribution in [2.45, 2.75) is 6.42 Å². The minimum Gasteiger partial charge on any atom is -0.272 e. The summed E-state index contributed by atoms with van der Waals surface area (Å²) in [7, 11) is 1.51. The number of benzene rings is 1. The van der Waals surface area contributed by atoms with Crippen LogP contribution in [0.15, 0.2) is 18.2 Å². The van der Waals surface area contributed by atoms with Crippen LogP contribution in [0.1, 0.15) is 5.56 Å². The van der Waals surface area contributed by atoms with Gasteiger partial charge in [-0.15, -0.1) is 0 Å². The fourth-order valence-corrected chi connectivity index (χ4v) is 2.14. The fraction of sp³-hybridized carbons (Fsp3) is 0.222. The van der Waals surface area contributed by atoms with Crippen LogP contribution in [0.5, 0.6) is 0 Å². The lowest BCUT2D eigenvalue weighted by Crippen LogP contribution is -2.24. The fourth-order valence-electron chi connectivity index (χ4n) is 1.47. The Balaban J connectivity index is 2.54. The van der Waals surface area contributed by atoms with E-state index in [9.17, 15) is 4.79 Å². The second kappa shape index (κ2) is 3.26. The van der Waals surface area contributed by atoms with Gasteiger partial charge in [0.15, 0.2) is 0 Å². The number of amides is 1. The molecule has 0 aromatic heterocycles. The van der Waals surface area contributed by atoms with E-state index in [0.717, 1.165) is 14.8 Å². The van der Waals surface area contributed by atoms with Gasteiger partial charge in [0.1, 0.15) is 0 Å². The molecule has 0 fully saturated rings. The van der Waals surface area contributed by atoms with Crippen LogP contribution in [0.2, 0.25) is 0 Å². The second-order valence-electron chi connectivity index (χ2n) is 2.78. The number of rotatable bonds is 1. The Kier molecular flexibility index (Phi) is 2.25. The van der Waals surface area contributed by atoms with E-state index < -0.39 is 0 Å². The lowest BCUT2D eigenvalue weighted by Gasteiger charge is -2.12. The number of anilines is 1. The average molecular weight is 289 g/mol. The quantitative estimate of drug-likeness (QED) is 0.737. The van der Waals surface area contributed by atoms with Crippen molar-refractivity contribution in [3.05, 3.63) is 27.3 Å². The Morgan fingerprint density at radius 3 is 3.00 bits per heavy atom. The van der Waals surface area contributed by atoms with Crippen molar-refractivity contribution in [3.8, 4) is 0 Å². The third-order valence-electron chi connectivity index (χ3n) is 2.05. The van der Waals surface area contributed by atoms with Gasteiger partial charge in [-0.25, -0.2) is 0 Å². The first-order valence-corrected chi connectivity index (χ1v) is 4.96. The number of carbonyl (C=O) groups is 1. The van der Waals surface area contributed by atoms with Crippen LogP contribution in [0.3, 0.4) is 0 Å². The molecule has 3 nitrogen and oxygen atoms in total. The second-order valence-corrected chi connectivity index (χ2v) is 3.95. The number of nitrogens with zero attached hydrogens (tertiary/aromatic N) is 1. The molecule has 0 spiro atoms. The molecule has 68 valence electrons. The zero-order valence-electron chi connectivity index (χ0n) is 7.08. The number of hydrogen-bond acceptors (Lipinski definition) is 2. The third kappa shape index (κ3) is 1.34. The molecule has 1 aromatic carbocycles. The summed E-state index contributed by atoms with van der Waals surface area (Å²) in [4.78, 5) is 16.4. The van der Waals surface area contributed by atoms with Crippen molar-refractivity contribution in [1.29, 1.82) is 0 Å². The Bertz CT molecular complexity index is 365. The van der Waals surface area contributed by atoms with Crippen molar-refractivity contribution in [2.24, 2.45) is 0 Å². The first kappa shape index (κ1) is 8.96. The molecule has 0 saturated heterocycles. The van der Waals surface area contributed by atoms with Crippen molar-refractivity contribution in [3.63, 3.8) is 0 Å². The van der Waals surface area contributed by atoms with Gasteiger partial charge in [-0.2, -0.15) is 5.06 Å². The van der Waals surface area contributed by atoms with Gasteiger partial charge in [-0.3, -0.25) is 9.63 Å². The molecule has 1 aliphatic heterocycles. The van der Waals surface area contributed by atoms with Gasteiger partial charge in [0.25, 0.3) is 5.91 Å². The van der Waals surface area contributed by atoms with Crippen LogP contribution >= 0.6 is 22.6 Å². The highest BCUT2D eigenvalue weighted by molar-refractivity contribution is 14.1. The number of hydrogen-bond donors (Lipinski definition) is 0.